The molecule has 0 radical (unpaired) electrons. The molecule has 2 aromatic rings. The Bertz CT molecular complexity index is 818. The zero-order chi connectivity index (χ0) is 18.0. The van der Waals surface area contributed by atoms with Gasteiger partial charge in [-0.05, 0) is 50.1 Å². The molecule has 1 amide bonds. The topological polar surface area (TPSA) is 102 Å². The number of hydrogen-bond donors (Lipinski definition) is 4. The van der Waals surface area contributed by atoms with E-state index in [2.05, 4.69) is 26.5 Å². The summed E-state index contributed by atoms with van der Waals surface area (Å²) in [4.78, 5) is 12.0. The minimum Gasteiger partial charge on any atom is -0.507 e. The quantitative estimate of drug-likeness (QED) is 0.475. The van der Waals surface area contributed by atoms with E-state index in [0.717, 1.165) is 0 Å². The predicted molar refractivity (Wildman–Crippen MR) is 94.8 cm³/mol. The van der Waals surface area contributed by atoms with Crippen LogP contribution in [0, 0.1) is 20.8 Å². The zero-order valence-corrected chi connectivity index (χ0v) is 15.0. The van der Waals surface area contributed by atoms with Crippen LogP contribution in [0.25, 0.3) is 0 Å². The Balaban J connectivity index is 2.25. The molecule has 0 unspecified atom stereocenters. The van der Waals surface area contributed by atoms with Crippen LogP contribution in [0.1, 0.15) is 32.6 Å². The van der Waals surface area contributed by atoms with Gasteiger partial charge in [0, 0.05) is 15.6 Å². The molecule has 0 heterocycles. The van der Waals surface area contributed by atoms with Gasteiger partial charge in [-0.15, -0.1) is 0 Å². The fourth-order valence-corrected chi connectivity index (χ4v) is 2.57. The van der Waals surface area contributed by atoms with Crippen LogP contribution in [0.2, 0.25) is 0 Å². The predicted octanol–water partition coefficient (Wildman–Crippen LogP) is 3.26. The minimum atomic E-state index is -0.583. The molecule has 0 saturated heterocycles. The van der Waals surface area contributed by atoms with E-state index in [9.17, 15) is 20.1 Å². The van der Waals surface area contributed by atoms with Gasteiger partial charge in [-0.25, -0.2) is 5.43 Å². The van der Waals surface area contributed by atoms with Gasteiger partial charge in [0.15, 0.2) is 0 Å². The molecule has 0 fully saturated rings. The Kier molecular flexibility index (Phi) is 5.14. The summed E-state index contributed by atoms with van der Waals surface area (Å²) in [7, 11) is 0. The van der Waals surface area contributed by atoms with Crippen molar-refractivity contribution in [2.24, 2.45) is 5.10 Å². The average Bonchev–Trinajstić information content (AvgIpc) is 2.54. The molecule has 0 aliphatic rings. The van der Waals surface area contributed by atoms with Crippen LogP contribution in [-0.4, -0.2) is 27.4 Å². The van der Waals surface area contributed by atoms with Gasteiger partial charge in [0.05, 0.1) is 11.8 Å². The molecule has 2 rings (SSSR count). The van der Waals surface area contributed by atoms with E-state index in [-0.39, 0.29) is 22.8 Å². The van der Waals surface area contributed by atoms with Gasteiger partial charge in [-0.2, -0.15) is 5.10 Å². The minimum absolute atomic E-state index is 0.0333. The number of phenols is 3. The van der Waals surface area contributed by atoms with Gasteiger partial charge in [0.1, 0.15) is 17.2 Å². The van der Waals surface area contributed by atoms with Gasteiger partial charge < -0.3 is 15.3 Å². The summed E-state index contributed by atoms with van der Waals surface area (Å²) in [5.74, 6) is -0.820. The number of rotatable bonds is 3. The number of aromatic hydroxyl groups is 3. The number of hydrazone groups is 1. The van der Waals surface area contributed by atoms with Crippen LogP contribution < -0.4 is 5.43 Å². The molecular formula is C17H17BrN2O4. The highest BCUT2D eigenvalue weighted by molar-refractivity contribution is 9.10. The number of benzene rings is 2. The molecule has 0 saturated carbocycles. The van der Waals surface area contributed by atoms with Gasteiger partial charge in [-0.3, -0.25) is 4.79 Å². The lowest BCUT2D eigenvalue weighted by molar-refractivity contribution is 0.0952. The summed E-state index contributed by atoms with van der Waals surface area (Å²) in [6.07, 6.45) is 1.30. The summed E-state index contributed by atoms with van der Waals surface area (Å²) in [6, 6.07) is 4.49. The van der Waals surface area contributed by atoms with Crippen LogP contribution in [0.15, 0.2) is 27.8 Å². The number of carbonyl (C=O) groups is 1. The van der Waals surface area contributed by atoms with E-state index in [0.29, 0.717) is 26.7 Å². The van der Waals surface area contributed by atoms with Gasteiger partial charge in [-0.1, -0.05) is 15.9 Å². The van der Waals surface area contributed by atoms with E-state index in [4.69, 9.17) is 0 Å². The maximum atomic E-state index is 12.0. The fourth-order valence-electron chi connectivity index (χ4n) is 2.22. The Labute approximate surface area is 147 Å². The highest BCUT2D eigenvalue weighted by atomic mass is 79.9. The van der Waals surface area contributed by atoms with Crippen molar-refractivity contribution in [3.8, 4) is 17.2 Å². The van der Waals surface area contributed by atoms with Crippen molar-refractivity contribution in [1.82, 2.24) is 5.43 Å². The Hall–Kier alpha value is -2.54. The van der Waals surface area contributed by atoms with Crippen LogP contribution in [0.5, 0.6) is 17.2 Å². The van der Waals surface area contributed by atoms with E-state index >= 15 is 0 Å². The maximum absolute atomic E-state index is 12.0. The fraction of sp³-hybridized carbons (Fsp3) is 0.176. The molecule has 126 valence electrons. The first kappa shape index (κ1) is 17.8. The van der Waals surface area contributed by atoms with Crippen molar-refractivity contribution < 1.29 is 20.1 Å². The molecule has 24 heavy (non-hydrogen) atoms. The summed E-state index contributed by atoms with van der Waals surface area (Å²) in [5.41, 5.74) is 4.41. The number of hydrogen-bond acceptors (Lipinski definition) is 5. The Morgan fingerprint density at radius 1 is 1.08 bits per heavy atom. The highest BCUT2D eigenvalue weighted by Gasteiger charge is 2.15. The van der Waals surface area contributed by atoms with Crippen LogP contribution >= 0.6 is 15.9 Å². The third-order valence-electron chi connectivity index (χ3n) is 3.85. The number of phenolic OH excluding ortho intramolecular Hbond substituents is 3. The lowest BCUT2D eigenvalue weighted by atomic mass is 9.98. The van der Waals surface area contributed by atoms with Gasteiger partial charge in [0.2, 0.25) is 0 Å². The Morgan fingerprint density at radius 2 is 1.75 bits per heavy atom. The first-order valence-electron chi connectivity index (χ1n) is 7.07. The molecule has 0 spiro atoms. The zero-order valence-electron chi connectivity index (χ0n) is 13.4. The van der Waals surface area contributed by atoms with Crippen molar-refractivity contribution in [3.63, 3.8) is 0 Å². The van der Waals surface area contributed by atoms with E-state index < -0.39 is 5.91 Å². The second-order valence-corrected chi connectivity index (χ2v) is 6.26. The van der Waals surface area contributed by atoms with Gasteiger partial charge in [0.25, 0.3) is 5.91 Å². The third-order valence-corrected chi connectivity index (χ3v) is 4.34. The standard InChI is InChI=1S/C17H17BrN2O4/c1-8-9(2)15(22)10(3)16(23)13(8)7-19-20-17(24)12-5-4-11(18)6-14(12)21/h4-7,21-23H,1-3H3,(H,20,24)/b19-7+. The summed E-state index contributed by atoms with van der Waals surface area (Å²) < 4.78 is 0.649. The van der Waals surface area contributed by atoms with Crippen LogP contribution in [-0.2, 0) is 0 Å². The Morgan fingerprint density at radius 3 is 2.38 bits per heavy atom. The molecule has 0 bridgehead atoms. The third kappa shape index (κ3) is 3.35. The molecule has 0 atom stereocenters. The molecule has 4 N–H and O–H groups in total. The lowest BCUT2D eigenvalue weighted by Gasteiger charge is -2.13. The second-order valence-electron chi connectivity index (χ2n) is 5.35. The molecule has 0 aromatic heterocycles. The van der Waals surface area contributed by atoms with Crippen molar-refractivity contribution in [2.75, 3.05) is 0 Å². The molecule has 6 nitrogen and oxygen atoms in total. The number of nitrogens with one attached hydrogen (secondary N) is 1. The molecular weight excluding hydrogens is 376 g/mol. The van der Waals surface area contributed by atoms with Crippen molar-refractivity contribution in [1.29, 1.82) is 0 Å². The summed E-state index contributed by atoms with van der Waals surface area (Å²) in [5, 5.41) is 33.6. The molecule has 2 aromatic carbocycles. The van der Waals surface area contributed by atoms with E-state index in [1.165, 1.54) is 18.3 Å². The number of nitrogens with zero attached hydrogens (tertiary/aromatic N) is 1. The highest BCUT2D eigenvalue weighted by Crippen LogP contribution is 2.35. The second kappa shape index (κ2) is 6.92. The number of carbonyl (C=O) groups excluding carboxylic acids is 1. The molecule has 0 aliphatic heterocycles. The first-order valence-corrected chi connectivity index (χ1v) is 7.87. The van der Waals surface area contributed by atoms with Crippen LogP contribution in [0.4, 0.5) is 0 Å². The largest absolute Gasteiger partial charge is 0.507 e. The van der Waals surface area contributed by atoms with Crippen molar-refractivity contribution in [3.05, 3.63) is 50.5 Å². The normalized spacial score (nSPS) is 11.0. The van der Waals surface area contributed by atoms with Gasteiger partial charge >= 0.3 is 0 Å². The summed E-state index contributed by atoms with van der Waals surface area (Å²) in [6.45, 7) is 5.05. The SMILES string of the molecule is Cc1c(C)c(/C=N/NC(=O)c2ccc(Br)cc2O)c(O)c(C)c1O. The summed E-state index contributed by atoms with van der Waals surface area (Å²) >= 11 is 3.19. The van der Waals surface area contributed by atoms with E-state index in [1.807, 2.05) is 0 Å². The first-order chi connectivity index (χ1) is 11.2. The van der Waals surface area contributed by atoms with E-state index in [1.54, 1.807) is 26.8 Å². The van der Waals surface area contributed by atoms with Crippen molar-refractivity contribution in [2.45, 2.75) is 20.8 Å². The van der Waals surface area contributed by atoms with Crippen molar-refractivity contribution >= 4 is 28.1 Å². The number of halogens is 1. The average molecular weight is 393 g/mol. The van der Waals surface area contributed by atoms with Crippen LogP contribution in [0.3, 0.4) is 0 Å². The monoisotopic (exact) mass is 392 g/mol. The number of amides is 1. The lowest BCUT2D eigenvalue weighted by Crippen LogP contribution is -2.17. The smallest absolute Gasteiger partial charge is 0.275 e. The molecule has 7 heteroatoms. The maximum Gasteiger partial charge on any atom is 0.275 e. The molecule has 0 aliphatic carbocycles.